The fourth-order valence-corrected chi connectivity index (χ4v) is 2.45. The molecule has 1 N–H and O–H groups in total. The SMILES string of the molecule is CCN1CCC(c2nc3cc(=O)ccn3[nH]2)C1. The highest BCUT2D eigenvalue weighted by Crippen LogP contribution is 2.24. The van der Waals surface area contributed by atoms with E-state index in [1.165, 1.54) is 0 Å². The van der Waals surface area contributed by atoms with E-state index in [0.29, 0.717) is 11.6 Å². The van der Waals surface area contributed by atoms with Crippen LogP contribution in [0, 0.1) is 0 Å². The molecule has 5 heteroatoms. The van der Waals surface area contributed by atoms with E-state index < -0.39 is 0 Å². The third-order valence-corrected chi connectivity index (χ3v) is 3.48. The molecule has 1 unspecified atom stereocenters. The summed E-state index contributed by atoms with van der Waals surface area (Å²) >= 11 is 0. The van der Waals surface area contributed by atoms with Crippen molar-refractivity contribution in [1.29, 1.82) is 0 Å². The van der Waals surface area contributed by atoms with E-state index in [1.54, 1.807) is 18.3 Å². The standard InChI is InChI=1S/C12H16N4O/c1-2-15-5-3-9(8-15)12-13-11-7-10(17)4-6-16(11)14-12/h4,6-7,9H,2-3,5,8H2,1H3,(H,13,14). The number of nitrogens with one attached hydrogen (secondary N) is 1. The Morgan fingerprint density at radius 1 is 1.59 bits per heavy atom. The maximum absolute atomic E-state index is 11.2. The number of aromatic amines is 1. The van der Waals surface area contributed by atoms with E-state index in [2.05, 4.69) is 21.9 Å². The Labute approximate surface area is 99.1 Å². The molecule has 3 heterocycles. The summed E-state index contributed by atoms with van der Waals surface area (Å²) in [6, 6.07) is 3.11. The smallest absolute Gasteiger partial charge is 0.183 e. The van der Waals surface area contributed by atoms with E-state index in [4.69, 9.17) is 0 Å². The van der Waals surface area contributed by atoms with E-state index in [-0.39, 0.29) is 5.43 Å². The van der Waals surface area contributed by atoms with Crippen molar-refractivity contribution < 1.29 is 0 Å². The van der Waals surface area contributed by atoms with Crippen molar-refractivity contribution in [3.8, 4) is 0 Å². The molecule has 90 valence electrons. The van der Waals surface area contributed by atoms with E-state index in [0.717, 1.165) is 31.9 Å². The second-order valence-electron chi connectivity index (χ2n) is 4.58. The van der Waals surface area contributed by atoms with Gasteiger partial charge in [-0.2, -0.15) is 0 Å². The predicted octanol–water partition coefficient (Wildman–Crippen LogP) is 0.832. The molecular weight excluding hydrogens is 216 g/mol. The number of nitrogens with zero attached hydrogens (tertiary/aromatic N) is 3. The number of pyridine rings is 1. The third-order valence-electron chi connectivity index (χ3n) is 3.48. The summed E-state index contributed by atoms with van der Waals surface area (Å²) in [7, 11) is 0. The van der Waals surface area contributed by atoms with Gasteiger partial charge >= 0.3 is 0 Å². The fraction of sp³-hybridized carbons (Fsp3) is 0.500. The first-order valence-electron chi connectivity index (χ1n) is 6.07. The number of H-pyrrole nitrogens is 1. The zero-order valence-corrected chi connectivity index (χ0v) is 9.89. The summed E-state index contributed by atoms with van der Waals surface area (Å²) in [6.45, 7) is 5.46. The Morgan fingerprint density at radius 2 is 2.47 bits per heavy atom. The molecule has 17 heavy (non-hydrogen) atoms. The van der Waals surface area contributed by atoms with E-state index in [1.807, 2.05) is 4.52 Å². The number of fused-ring (bicyclic) bond motifs is 1. The van der Waals surface area contributed by atoms with Gasteiger partial charge in [-0.3, -0.25) is 9.89 Å². The summed E-state index contributed by atoms with van der Waals surface area (Å²) in [6.07, 6.45) is 2.87. The molecule has 1 atom stereocenters. The minimum Gasteiger partial charge on any atom is -0.303 e. The second-order valence-corrected chi connectivity index (χ2v) is 4.58. The van der Waals surface area contributed by atoms with Crippen LogP contribution >= 0.6 is 0 Å². The largest absolute Gasteiger partial charge is 0.303 e. The van der Waals surface area contributed by atoms with Crippen molar-refractivity contribution in [2.75, 3.05) is 19.6 Å². The minimum atomic E-state index is 0.00431. The quantitative estimate of drug-likeness (QED) is 0.834. The number of rotatable bonds is 2. The topological polar surface area (TPSA) is 53.4 Å². The van der Waals surface area contributed by atoms with Gasteiger partial charge in [-0.15, -0.1) is 0 Å². The first-order chi connectivity index (χ1) is 8.26. The van der Waals surface area contributed by atoms with Crippen molar-refractivity contribution in [2.45, 2.75) is 19.3 Å². The third kappa shape index (κ3) is 1.86. The predicted molar refractivity (Wildman–Crippen MR) is 65.3 cm³/mol. The first kappa shape index (κ1) is 10.5. The molecule has 1 aliphatic rings. The molecule has 0 aromatic carbocycles. The lowest BCUT2D eigenvalue weighted by Gasteiger charge is -2.11. The van der Waals surface area contributed by atoms with Crippen LogP contribution in [0.25, 0.3) is 5.65 Å². The molecule has 0 spiro atoms. The number of hydrogen-bond donors (Lipinski definition) is 1. The Balaban J connectivity index is 1.93. The molecule has 0 amide bonds. The maximum atomic E-state index is 11.2. The van der Waals surface area contributed by atoms with Crippen LogP contribution in [0.15, 0.2) is 23.1 Å². The van der Waals surface area contributed by atoms with Gasteiger partial charge in [0.1, 0.15) is 5.82 Å². The van der Waals surface area contributed by atoms with Gasteiger partial charge in [0.2, 0.25) is 0 Å². The molecule has 0 saturated carbocycles. The van der Waals surface area contributed by atoms with Crippen molar-refractivity contribution in [3.63, 3.8) is 0 Å². The van der Waals surface area contributed by atoms with Gasteiger partial charge in [-0.1, -0.05) is 6.92 Å². The van der Waals surface area contributed by atoms with Gasteiger partial charge in [-0.05, 0) is 19.5 Å². The number of likely N-dealkylation sites (N-methyl/N-ethyl adjacent to an activating group) is 1. The zero-order chi connectivity index (χ0) is 11.8. The number of aromatic nitrogens is 3. The fourth-order valence-electron chi connectivity index (χ4n) is 2.45. The normalized spacial score (nSPS) is 21.4. The lowest BCUT2D eigenvalue weighted by Crippen LogP contribution is -2.19. The van der Waals surface area contributed by atoms with Crippen LogP contribution in [0.5, 0.6) is 0 Å². The summed E-state index contributed by atoms with van der Waals surface area (Å²) < 4.78 is 1.81. The molecule has 1 aliphatic heterocycles. The van der Waals surface area contributed by atoms with Gasteiger partial charge < -0.3 is 4.90 Å². The first-order valence-corrected chi connectivity index (χ1v) is 6.07. The van der Waals surface area contributed by atoms with Crippen LogP contribution in [0.1, 0.15) is 25.1 Å². The molecule has 2 aromatic rings. The molecule has 0 bridgehead atoms. The molecule has 5 nitrogen and oxygen atoms in total. The van der Waals surface area contributed by atoms with Crippen molar-refractivity contribution in [2.24, 2.45) is 0 Å². The highest BCUT2D eigenvalue weighted by Gasteiger charge is 2.25. The van der Waals surface area contributed by atoms with E-state index in [9.17, 15) is 4.79 Å². The van der Waals surface area contributed by atoms with Crippen LogP contribution in [0.3, 0.4) is 0 Å². The highest BCUT2D eigenvalue weighted by molar-refractivity contribution is 5.36. The second kappa shape index (κ2) is 4.00. The lowest BCUT2D eigenvalue weighted by atomic mass is 10.1. The van der Waals surface area contributed by atoms with Crippen LogP contribution in [0.4, 0.5) is 0 Å². The minimum absolute atomic E-state index is 0.00431. The van der Waals surface area contributed by atoms with Crippen LogP contribution in [-0.2, 0) is 0 Å². The van der Waals surface area contributed by atoms with Gasteiger partial charge in [0.15, 0.2) is 11.1 Å². The lowest BCUT2D eigenvalue weighted by molar-refractivity contribution is 0.352. The summed E-state index contributed by atoms with van der Waals surface area (Å²) in [5.41, 5.74) is 0.715. The van der Waals surface area contributed by atoms with Crippen LogP contribution in [-0.4, -0.2) is 39.1 Å². The number of hydrogen-bond acceptors (Lipinski definition) is 3. The average Bonchev–Trinajstić information content (AvgIpc) is 2.93. The van der Waals surface area contributed by atoms with Gasteiger partial charge in [0.05, 0.1) is 0 Å². The Bertz CT molecular complexity index is 585. The summed E-state index contributed by atoms with van der Waals surface area (Å²) in [5.74, 6) is 1.46. The summed E-state index contributed by atoms with van der Waals surface area (Å²) in [5, 5.41) is 3.25. The van der Waals surface area contributed by atoms with Crippen molar-refractivity contribution in [1.82, 2.24) is 19.5 Å². The Hall–Kier alpha value is -1.62. The molecule has 1 fully saturated rings. The Morgan fingerprint density at radius 3 is 3.24 bits per heavy atom. The summed E-state index contributed by atoms with van der Waals surface area (Å²) in [4.78, 5) is 18.2. The maximum Gasteiger partial charge on any atom is 0.183 e. The molecule has 0 radical (unpaired) electrons. The average molecular weight is 232 g/mol. The zero-order valence-electron chi connectivity index (χ0n) is 9.89. The van der Waals surface area contributed by atoms with Crippen molar-refractivity contribution >= 4 is 5.65 Å². The van der Waals surface area contributed by atoms with Gasteiger partial charge in [0.25, 0.3) is 0 Å². The van der Waals surface area contributed by atoms with Crippen molar-refractivity contribution in [3.05, 3.63) is 34.4 Å². The molecular formula is C12H16N4O. The van der Waals surface area contributed by atoms with Crippen LogP contribution in [0.2, 0.25) is 0 Å². The molecule has 1 saturated heterocycles. The van der Waals surface area contributed by atoms with Gasteiger partial charge in [0, 0.05) is 30.8 Å². The highest BCUT2D eigenvalue weighted by atomic mass is 16.1. The van der Waals surface area contributed by atoms with E-state index >= 15 is 0 Å². The monoisotopic (exact) mass is 232 g/mol. The van der Waals surface area contributed by atoms with Gasteiger partial charge in [-0.25, -0.2) is 9.50 Å². The molecule has 2 aromatic heterocycles. The molecule has 3 rings (SSSR count). The Kier molecular flexibility index (Phi) is 2.48. The molecule has 0 aliphatic carbocycles. The number of likely N-dealkylation sites (tertiary alicyclic amines) is 1. The van der Waals surface area contributed by atoms with Crippen LogP contribution < -0.4 is 5.43 Å².